The van der Waals surface area contributed by atoms with Gasteiger partial charge in [0.1, 0.15) is 0 Å². The average Bonchev–Trinajstić information content (AvgIpc) is 2.08. The van der Waals surface area contributed by atoms with Crippen LogP contribution in [-0.4, -0.2) is 38.4 Å². The van der Waals surface area contributed by atoms with Crippen LogP contribution in [-0.2, 0) is 4.74 Å². The molecule has 58 valence electrons. The fourth-order valence-corrected chi connectivity index (χ4v) is 1.54. The minimum Gasteiger partial charge on any atom is -0.378 e. The van der Waals surface area contributed by atoms with E-state index in [0.29, 0.717) is 5.54 Å². The largest absolute Gasteiger partial charge is 0.378 e. The Morgan fingerprint density at radius 1 is 1.30 bits per heavy atom. The molecule has 2 aliphatic rings. The van der Waals surface area contributed by atoms with Gasteiger partial charge in [-0.2, -0.15) is 0 Å². The van der Waals surface area contributed by atoms with Crippen molar-refractivity contribution in [3.05, 3.63) is 0 Å². The highest BCUT2D eigenvalue weighted by Gasteiger charge is 2.37. The van der Waals surface area contributed by atoms with Gasteiger partial charge in [-0.15, -0.1) is 0 Å². The van der Waals surface area contributed by atoms with Gasteiger partial charge in [0.2, 0.25) is 0 Å². The van der Waals surface area contributed by atoms with E-state index >= 15 is 0 Å². The van der Waals surface area contributed by atoms with Crippen molar-refractivity contribution >= 4 is 0 Å². The van der Waals surface area contributed by atoms with Gasteiger partial charge >= 0.3 is 0 Å². The van der Waals surface area contributed by atoms with Crippen molar-refractivity contribution in [2.24, 2.45) is 0 Å². The zero-order chi connectivity index (χ0) is 6.86. The minimum absolute atomic E-state index is 0.302. The van der Waals surface area contributed by atoms with Gasteiger partial charge in [0.15, 0.2) is 0 Å². The molecule has 1 unspecified atom stereocenters. The normalized spacial score (nSPS) is 40.8. The molecule has 10 heavy (non-hydrogen) atoms. The maximum absolute atomic E-state index is 5.43. The molecule has 0 aromatic heterocycles. The molecular weight excluding hydrogens is 128 g/mol. The van der Waals surface area contributed by atoms with Gasteiger partial charge in [-0.3, -0.25) is 0 Å². The second-order valence-electron chi connectivity index (χ2n) is 3.19. The Hall–Kier alpha value is -0.120. The molecule has 2 N–H and O–H groups in total. The Kier molecular flexibility index (Phi) is 1.64. The van der Waals surface area contributed by atoms with Gasteiger partial charge in [0.25, 0.3) is 0 Å². The average molecular weight is 142 g/mol. The smallest absolute Gasteiger partial charge is 0.0661 e. The molecule has 0 radical (unpaired) electrons. The Morgan fingerprint density at radius 2 is 2.20 bits per heavy atom. The molecular formula is C7H14N2O. The van der Waals surface area contributed by atoms with Crippen molar-refractivity contribution in [3.63, 3.8) is 0 Å². The van der Waals surface area contributed by atoms with Gasteiger partial charge in [0, 0.05) is 13.1 Å². The van der Waals surface area contributed by atoms with Crippen LogP contribution < -0.4 is 10.6 Å². The third-order valence-electron chi connectivity index (χ3n) is 2.37. The first kappa shape index (κ1) is 6.58. The second-order valence-corrected chi connectivity index (χ2v) is 3.19. The lowest BCUT2D eigenvalue weighted by atomic mass is 9.89. The lowest BCUT2D eigenvalue weighted by Crippen LogP contribution is -2.63. The maximum Gasteiger partial charge on any atom is 0.0661 e. The molecule has 0 amide bonds. The summed E-state index contributed by atoms with van der Waals surface area (Å²) >= 11 is 0. The van der Waals surface area contributed by atoms with Crippen LogP contribution in [0.5, 0.6) is 0 Å². The molecule has 0 aromatic carbocycles. The van der Waals surface area contributed by atoms with Crippen LogP contribution in [0.25, 0.3) is 0 Å². The summed E-state index contributed by atoms with van der Waals surface area (Å²) in [5.74, 6) is 0. The molecule has 0 aliphatic carbocycles. The number of rotatable bonds is 0. The van der Waals surface area contributed by atoms with E-state index in [2.05, 4.69) is 10.6 Å². The van der Waals surface area contributed by atoms with Crippen LogP contribution in [0.15, 0.2) is 0 Å². The summed E-state index contributed by atoms with van der Waals surface area (Å²) in [7, 11) is 0. The molecule has 2 rings (SSSR count). The Labute approximate surface area is 61.1 Å². The fourth-order valence-electron chi connectivity index (χ4n) is 1.54. The highest BCUT2D eigenvalue weighted by atomic mass is 16.5. The van der Waals surface area contributed by atoms with Crippen molar-refractivity contribution in [2.75, 3.05) is 32.8 Å². The van der Waals surface area contributed by atoms with Crippen molar-refractivity contribution in [2.45, 2.75) is 12.0 Å². The van der Waals surface area contributed by atoms with Crippen molar-refractivity contribution in [1.82, 2.24) is 10.6 Å². The van der Waals surface area contributed by atoms with Crippen molar-refractivity contribution in [3.8, 4) is 0 Å². The van der Waals surface area contributed by atoms with Gasteiger partial charge in [-0.05, 0) is 13.0 Å². The predicted molar refractivity (Wildman–Crippen MR) is 39.0 cm³/mol. The Morgan fingerprint density at radius 3 is 2.90 bits per heavy atom. The highest BCUT2D eigenvalue weighted by Crippen LogP contribution is 2.19. The summed E-state index contributed by atoms with van der Waals surface area (Å²) in [6.45, 7) is 4.99. The fraction of sp³-hybridized carbons (Fsp3) is 1.00. The van der Waals surface area contributed by atoms with Crippen LogP contribution in [0, 0.1) is 0 Å². The number of hydrogen-bond donors (Lipinski definition) is 2. The lowest BCUT2D eigenvalue weighted by molar-refractivity contribution is 0.0590. The zero-order valence-electron chi connectivity index (χ0n) is 6.15. The first-order valence-corrected chi connectivity index (χ1v) is 3.95. The molecule has 3 nitrogen and oxygen atoms in total. The third-order valence-corrected chi connectivity index (χ3v) is 2.37. The summed E-state index contributed by atoms with van der Waals surface area (Å²) in [5.41, 5.74) is 0.302. The number of nitrogens with one attached hydrogen (secondary N) is 2. The molecule has 2 aliphatic heterocycles. The van der Waals surface area contributed by atoms with Crippen molar-refractivity contribution < 1.29 is 4.74 Å². The van der Waals surface area contributed by atoms with Crippen molar-refractivity contribution in [1.29, 1.82) is 0 Å². The zero-order valence-corrected chi connectivity index (χ0v) is 6.15. The van der Waals surface area contributed by atoms with Crippen LogP contribution in [0.2, 0.25) is 0 Å². The van der Waals surface area contributed by atoms with E-state index in [-0.39, 0.29) is 0 Å². The summed E-state index contributed by atoms with van der Waals surface area (Å²) in [6.07, 6.45) is 1.26. The second kappa shape index (κ2) is 2.49. The van der Waals surface area contributed by atoms with Gasteiger partial charge < -0.3 is 15.4 Å². The van der Waals surface area contributed by atoms with E-state index in [1.165, 1.54) is 6.42 Å². The van der Waals surface area contributed by atoms with Gasteiger partial charge in [0.05, 0.1) is 18.8 Å². The van der Waals surface area contributed by atoms with Gasteiger partial charge in [-0.1, -0.05) is 0 Å². The number of hydrogen-bond acceptors (Lipinski definition) is 3. The monoisotopic (exact) mass is 142 g/mol. The van der Waals surface area contributed by atoms with E-state index in [4.69, 9.17) is 4.74 Å². The molecule has 0 bridgehead atoms. The van der Waals surface area contributed by atoms with Gasteiger partial charge in [-0.25, -0.2) is 0 Å². The predicted octanol–water partition coefficient (Wildman–Crippen LogP) is -0.662. The van der Waals surface area contributed by atoms with E-state index < -0.39 is 0 Å². The highest BCUT2D eigenvalue weighted by molar-refractivity contribution is 4.99. The summed E-state index contributed by atoms with van der Waals surface area (Å²) in [5, 5.41) is 6.77. The summed E-state index contributed by atoms with van der Waals surface area (Å²) in [6, 6.07) is 0. The molecule has 1 spiro atoms. The quantitative estimate of drug-likeness (QED) is 0.471. The molecule has 2 fully saturated rings. The maximum atomic E-state index is 5.43. The van der Waals surface area contributed by atoms with Crippen LogP contribution in [0.4, 0.5) is 0 Å². The third kappa shape index (κ3) is 1.05. The minimum atomic E-state index is 0.302. The van der Waals surface area contributed by atoms with Crippen LogP contribution >= 0.6 is 0 Å². The number of ether oxygens (including phenoxy) is 1. The Balaban J connectivity index is 1.92. The Bertz CT molecular complexity index is 113. The molecule has 2 heterocycles. The molecule has 2 saturated heterocycles. The topological polar surface area (TPSA) is 33.3 Å². The van der Waals surface area contributed by atoms with E-state index in [0.717, 1.165) is 32.8 Å². The molecule has 0 saturated carbocycles. The van der Waals surface area contributed by atoms with E-state index in [1.807, 2.05) is 0 Å². The first-order valence-electron chi connectivity index (χ1n) is 3.95. The molecule has 1 atom stereocenters. The SMILES string of the molecule is C1COCC2(CCN2)CN1. The standard InChI is InChI=1S/C7H14N2O/c1-2-9-7(1)5-8-3-4-10-6-7/h8-9H,1-6H2. The summed E-state index contributed by atoms with van der Waals surface area (Å²) in [4.78, 5) is 0. The van der Waals surface area contributed by atoms with Crippen LogP contribution in [0.1, 0.15) is 6.42 Å². The van der Waals surface area contributed by atoms with Crippen LogP contribution in [0.3, 0.4) is 0 Å². The van der Waals surface area contributed by atoms with E-state index in [9.17, 15) is 0 Å². The lowest BCUT2D eigenvalue weighted by Gasteiger charge is -2.41. The summed E-state index contributed by atoms with van der Waals surface area (Å²) < 4.78 is 5.43. The first-order chi connectivity index (χ1) is 4.91. The van der Waals surface area contributed by atoms with E-state index in [1.54, 1.807) is 0 Å². The molecule has 3 heteroatoms. The molecule has 0 aromatic rings.